The maximum Gasteiger partial charge on any atom is 0.239 e. The molecule has 0 fully saturated rings. The molecule has 102 valence electrons. The first-order valence-electron chi connectivity index (χ1n) is 6.11. The maximum absolute atomic E-state index is 13.5. The van der Waals surface area contributed by atoms with Gasteiger partial charge < -0.3 is 5.32 Å². The molecule has 0 saturated heterocycles. The predicted molar refractivity (Wildman–Crippen MR) is 80.4 cm³/mol. The van der Waals surface area contributed by atoms with E-state index >= 15 is 0 Å². The molecule has 0 aliphatic heterocycles. The summed E-state index contributed by atoms with van der Waals surface area (Å²) in [4.78, 5) is 15.8. The van der Waals surface area contributed by atoms with Crippen molar-refractivity contribution in [3.63, 3.8) is 0 Å². The topological polar surface area (TPSA) is 42.0 Å². The van der Waals surface area contributed by atoms with Crippen molar-refractivity contribution in [1.29, 1.82) is 0 Å². The summed E-state index contributed by atoms with van der Waals surface area (Å²) >= 11 is 4.63. The van der Waals surface area contributed by atoms with Crippen LogP contribution in [0.3, 0.4) is 0 Å². The summed E-state index contributed by atoms with van der Waals surface area (Å²) in [5, 5.41) is 3.16. The fourth-order valence-electron chi connectivity index (χ4n) is 1.67. The Morgan fingerprint density at radius 3 is 3.05 bits per heavy atom. The lowest BCUT2D eigenvalue weighted by Crippen LogP contribution is -2.22. The van der Waals surface area contributed by atoms with E-state index in [1.165, 1.54) is 17.4 Å². The summed E-state index contributed by atoms with van der Waals surface area (Å²) in [6.07, 6.45) is 2.81. The van der Waals surface area contributed by atoms with E-state index in [0.29, 0.717) is 10.6 Å². The molecule has 0 aliphatic rings. The van der Waals surface area contributed by atoms with Crippen LogP contribution in [0.4, 0.5) is 9.52 Å². The highest BCUT2D eigenvalue weighted by Gasteiger charge is 2.16. The van der Waals surface area contributed by atoms with E-state index in [-0.39, 0.29) is 16.6 Å². The zero-order valence-corrected chi connectivity index (χ0v) is 12.9. The lowest BCUT2D eigenvalue weighted by Gasteiger charge is -2.07. The van der Waals surface area contributed by atoms with Crippen LogP contribution in [-0.2, 0) is 4.79 Å². The van der Waals surface area contributed by atoms with Gasteiger partial charge in [0.1, 0.15) is 11.3 Å². The van der Waals surface area contributed by atoms with Crippen LogP contribution in [0.5, 0.6) is 0 Å². The Balaban J connectivity index is 2.09. The second-order valence-corrected chi connectivity index (χ2v) is 6.34. The average Bonchev–Trinajstić information content (AvgIpc) is 2.79. The zero-order chi connectivity index (χ0) is 13.8. The number of nitrogens with one attached hydrogen (secondary N) is 1. The van der Waals surface area contributed by atoms with Gasteiger partial charge in [-0.25, -0.2) is 9.37 Å². The SMILES string of the molecule is CCCC[C@@H](Br)C(=O)Nc1nc2c(F)cccc2s1. The van der Waals surface area contributed by atoms with Crippen LogP contribution < -0.4 is 5.32 Å². The van der Waals surface area contributed by atoms with Gasteiger partial charge in [0, 0.05) is 0 Å². The van der Waals surface area contributed by atoms with Crippen LogP contribution in [0.2, 0.25) is 0 Å². The van der Waals surface area contributed by atoms with E-state index in [0.717, 1.165) is 24.0 Å². The molecule has 1 amide bonds. The lowest BCUT2D eigenvalue weighted by molar-refractivity contribution is -0.115. The molecule has 2 rings (SSSR count). The number of amides is 1. The van der Waals surface area contributed by atoms with E-state index in [4.69, 9.17) is 0 Å². The molecule has 0 unspecified atom stereocenters. The predicted octanol–water partition coefficient (Wildman–Crippen LogP) is 4.33. The second kappa shape index (κ2) is 6.43. The van der Waals surface area contributed by atoms with Gasteiger partial charge in [-0.3, -0.25) is 4.79 Å². The number of anilines is 1. The molecule has 19 heavy (non-hydrogen) atoms. The number of fused-ring (bicyclic) bond motifs is 1. The van der Waals surface area contributed by atoms with Crippen molar-refractivity contribution in [3.05, 3.63) is 24.0 Å². The molecule has 6 heteroatoms. The molecule has 0 saturated carbocycles. The highest BCUT2D eigenvalue weighted by molar-refractivity contribution is 9.10. The van der Waals surface area contributed by atoms with Crippen molar-refractivity contribution in [3.8, 4) is 0 Å². The summed E-state index contributed by atoms with van der Waals surface area (Å²) in [5.74, 6) is -0.497. The largest absolute Gasteiger partial charge is 0.301 e. The number of hydrogen-bond donors (Lipinski definition) is 1. The fraction of sp³-hybridized carbons (Fsp3) is 0.385. The summed E-state index contributed by atoms with van der Waals surface area (Å²) in [6, 6.07) is 4.78. The Bertz CT molecular complexity index is 587. The Morgan fingerprint density at radius 2 is 2.37 bits per heavy atom. The molecule has 1 N–H and O–H groups in total. The van der Waals surface area contributed by atoms with Gasteiger partial charge in [-0.1, -0.05) is 53.1 Å². The Labute approximate surface area is 123 Å². The van der Waals surface area contributed by atoms with Gasteiger partial charge in [-0.05, 0) is 18.6 Å². The Morgan fingerprint density at radius 1 is 1.58 bits per heavy atom. The minimum absolute atomic E-state index is 0.132. The van der Waals surface area contributed by atoms with Crippen molar-refractivity contribution < 1.29 is 9.18 Å². The van der Waals surface area contributed by atoms with Gasteiger partial charge in [0.15, 0.2) is 5.13 Å². The number of nitrogens with zero attached hydrogens (tertiary/aromatic N) is 1. The second-order valence-electron chi connectivity index (χ2n) is 4.20. The molecule has 0 aliphatic carbocycles. The first kappa shape index (κ1) is 14.4. The van der Waals surface area contributed by atoms with Crippen molar-refractivity contribution in [2.24, 2.45) is 0 Å². The van der Waals surface area contributed by atoms with E-state index in [9.17, 15) is 9.18 Å². The molecule has 0 spiro atoms. The summed E-state index contributed by atoms with van der Waals surface area (Å²) in [5.41, 5.74) is 0.308. The first-order valence-corrected chi connectivity index (χ1v) is 7.85. The van der Waals surface area contributed by atoms with Gasteiger partial charge in [-0.2, -0.15) is 0 Å². The van der Waals surface area contributed by atoms with Crippen molar-refractivity contribution in [1.82, 2.24) is 4.98 Å². The number of thiazole rings is 1. The van der Waals surface area contributed by atoms with E-state index in [1.54, 1.807) is 12.1 Å². The highest BCUT2D eigenvalue weighted by Crippen LogP contribution is 2.28. The molecule has 1 aromatic heterocycles. The molecule has 3 nitrogen and oxygen atoms in total. The molecule has 1 aromatic carbocycles. The number of aromatic nitrogens is 1. The van der Waals surface area contributed by atoms with Crippen molar-refractivity contribution in [2.75, 3.05) is 5.32 Å². The van der Waals surface area contributed by atoms with Crippen LogP contribution in [0, 0.1) is 5.82 Å². The third-order valence-corrected chi connectivity index (χ3v) is 4.51. The number of benzene rings is 1. The van der Waals surface area contributed by atoms with Gasteiger partial charge in [0.05, 0.1) is 9.53 Å². The van der Waals surface area contributed by atoms with Gasteiger partial charge in [0.2, 0.25) is 5.91 Å². The Kier molecular flexibility index (Phi) is 4.87. The number of unbranched alkanes of at least 4 members (excludes halogenated alkanes) is 1. The van der Waals surface area contributed by atoms with Crippen LogP contribution in [-0.4, -0.2) is 15.7 Å². The third kappa shape index (κ3) is 3.51. The smallest absolute Gasteiger partial charge is 0.239 e. The first-order chi connectivity index (χ1) is 9.11. The molecule has 1 atom stereocenters. The van der Waals surface area contributed by atoms with Crippen molar-refractivity contribution in [2.45, 2.75) is 31.0 Å². The molecule has 1 heterocycles. The molecular weight excluding hydrogens is 331 g/mol. The number of halogens is 2. The lowest BCUT2D eigenvalue weighted by atomic mass is 10.2. The normalized spacial score (nSPS) is 12.6. The molecule has 2 aromatic rings. The maximum atomic E-state index is 13.5. The van der Waals surface area contributed by atoms with Gasteiger partial charge >= 0.3 is 0 Å². The van der Waals surface area contributed by atoms with Gasteiger partial charge in [0.25, 0.3) is 0 Å². The quantitative estimate of drug-likeness (QED) is 0.820. The standard InChI is InChI=1S/C13H14BrFN2OS/c1-2-3-5-8(14)12(18)17-13-16-11-9(15)6-4-7-10(11)19-13/h4,6-8H,2-3,5H2,1H3,(H,16,17,18)/t8-/m1/s1. The van der Waals surface area contributed by atoms with Crippen LogP contribution in [0.25, 0.3) is 10.2 Å². The molecule has 0 radical (unpaired) electrons. The van der Waals surface area contributed by atoms with E-state index in [2.05, 4.69) is 33.2 Å². The summed E-state index contributed by atoms with van der Waals surface area (Å²) in [7, 11) is 0. The number of rotatable bonds is 5. The summed E-state index contributed by atoms with van der Waals surface area (Å²) < 4.78 is 14.2. The zero-order valence-electron chi connectivity index (χ0n) is 10.5. The fourth-order valence-corrected chi connectivity index (χ4v) is 2.99. The number of hydrogen-bond acceptors (Lipinski definition) is 3. The number of carbonyl (C=O) groups excluding carboxylic acids is 1. The number of alkyl halides is 1. The van der Waals surface area contributed by atoms with Gasteiger partial charge in [-0.15, -0.1) is 0 Å². The molecule has 0 bridgehead atoms. The molecular formula is C13H14BrFN2OS. The van der Waals surface area contributed by atoms with E-state index < -0.39 is 0 Å². The minimum Gasteiger partial charge on any atom is -0.301 e. The average molecular weight is 345 g/mol. The number of carbonyl (C=O) groups is 1. The van der Waals surface area contributed by atoms with Crippen LogP contribution in [0.15, 0.2) is 18.2 Å². The summed E-state index contributed by atoms with van der Waals surface area (Å²) in [6.45, 7) is 2.08. The third-order valence-electron chi connectivity index (χ3n) is 2.70. The number of para-hydroxylation sites is 1. The van der Waals surface area contributed by atoms with E-state index in [1.807, 2.05) is 0 Å². The minimum atomic E-state index is -0.365. The Hall–Kier alpha value is -1.01. The highest BCUT2D eigenvalue weighted by atomic mass is 79.9. The van der Waals surface area contributed by atoms with Crippen LogP contribution >= 0.6 is 27.3 Å². The monoisotopic (exact) mass is 344 g/mol. The van der Waals surface area contributed by atoms with Crippen molar-refractivity contribution >= 4 is 48.5 Å². The van der Waals surface area contributed by atoms with Crippen LogP contribution in [0.1, 0.15) is 26.2 Å².